The predicted octanol–water partition coefficient (Wildman–Crippen LogP) is 2.28. The molecule has 2 amide bonds. The van der Waals surface area contributed by atoms with E-state index < -0.39 is 0 Å². The van der Waals surface area contributed by atoms with E-state index in [2.05, 4.69) is 10.6 Å². The van der Waals surface area contributed by atoms with Gasteiger partial charge in [0.1, 0.15) is 5.75 Å². The molecule has 2 aromatic rings. The summed E-state index contributed by atoms with van der Waals surface area (Å²) in [5.41, 5.74) is 2.50. The predicted molar refractivity (Wildman–Crippen MR) is 98.9 cm³/mol. The maximum absolute atomic E-state index is 12.1. The van der Waals surface area contributed by atoms with Crippen molar-refractivity contribution in [3.05, 3.63) is 65.2 Å². The normalized spacial score (nSPS) is 10.2. The van der Waals surface area contributed by atoms with Gasteiger partial charge in [0.15, 0.2) is 0 Å². The van der Waals surface area contributed by atoms with Gasteiger partial charge in [-0.1, -0.05) is 24.3 Å². The van der Waals surface area contributed by atoms with Crippen molar-refractivity contribution >= 4 is 11.8 Å². The quantitative estimate of drug-likeness (QED) is 0.723. The Morgan fingerprint density at radius 1 is 1.00 bits per heavy atom. The smallest absolute Gasteiger partial charge is 0.251 e. The first kappa shape index (κ1) is 19.5. The molecule has 0 fully saturated rings. The third-order valence-corrected chi connectivity index (χ3v) is 3.63. The van der Waals surface area contributed by atoms with Gasteiger partial charge < -0.3 is 20.1 Å². The topological polar surface area (TPSA) is 76.7 Å². The molecule has 6 nitrogen and oxygen atoms in total. The lowest BCUT2D eigenvalue weighted by Gasteiger charge is -2.09. The van der Waals surface area contributed by atoms with Crippen molar-refractivity contribution in [1.29, 1.82) is 0 Å². The molecule has 138 valence electrons. The van der Waals surface area contributed by atoms with E-state index in [4.69, 9.17) is 9.47 Å². The number of benzene rings is 2. The molecule has 6 heteroatoms. The third kappa shape index (κ3) is 6.22. The Morgan fingerprint density at radius 2 is 1.73 bits per heavy atom. The molecule has 0 atom stereocenters. The number of carbonyl (C=O) groups excluding carboxylic acids is 2. The summed E-state index contributed by atoms with van der Waals surface area (Å²) in [5.74, 6) is 0.157. The Balaban J connectivity index is 1.77. The Morgan fingerprint density at radius 3 is 2.42 bits per heavy atom. The van der Waals surface area contributed by atoms with Crippen molar-refractivity contribution in [2.45, 2.75) is 20.1 Å². The van der Waals surface area contributed by atoms with Gasteiger partial charge in [-0.15, -0.1) is 0 Å². The van der Waals surface area contributed by atoms with E-state index in [1.54, 1.807) is 31.4 Å². The highest BCUT2D eigenvalue weighted by atomic mass is 16.5. The number of amides is 2. The summed E-state index contributed by atoms with van der Waals surface area (Å²) >= 11 is 0. The number of rotatable bonds is 9. The van der Waals surface area contributed by atoms with Crippen LogP contribution in [0.3, 0.4) is 0 Å². The second kappa shape index (κ2) is 10.2. The Labute approximate surface area is 153 Å². The Kier molecular flexibility index (Phi) is 7.64. The summed E-state index contributed by atoms with van der Waals surface area (Å²) in [5, 5.41) is 5.39. The number of methoxy groups -OCH3 is 1. The van der Waals surface area contributed by atoms with Crippen molar-refractivity contribution in [3.63, 3.8) is 0 Å². The molecular formula is C20H24N2O4. The Bertz CT molecular complexity index is 729. The molecule has 2 rings (SSSR count). The molecule has 26 heavy (non-hydrogen) atoms. The van der Waals surface area contributed by atoms with E-state index in [0.717, 1.165) is 11.1 Å². The molecule has 0 radical (unpaired) electrons. The lowest BCUT2D eigenvalue weighted by molar-refractivity contribution is -0.120. The van der Waals surface area contributed by atoms with Gasteiger partial charge in [-0.3, -0.25) is 9.59 Å². The van der Waals surface area contributed by atoms with Crippen molar-refractivity contribution in [2.75, 3.05) is 20.3 Å². The van der Waals surface area contributed by atoms with E-state index in [0.29, 0.717) is 31.1 Å². The van der Waals surface area contributed by atoms with Crippen molar-refractivity contribution in [2.24, 2.45) is 0 Å². The third-order valence-electron chi connectivity index (χ3n) is 3.63. The van der Waals surface area contributed by atoms with Crippen LogP contribution in [0.4, 0.5) is 0 Å². The van der Waals surface area contributed by atoms with Crippen LogP contribution in [-0.4, -0.2) is 32.1 Å². The number of hydrogen-bond donors (Lipinski definition) is 2. The highest BCUT2D eigenvalue weighted by Crippen LogP contribution is 2.11. The minimum Gasteiger partial charge on any atom is -0.494 e. The summed E-state index contributed by atoms with van der Waals surface area (Å²) < 4.78 is 10.4. The number of nitrogens with one attached hydrogen (secondary N) is 2. The van der Waals surface area contributed by atoms with Crippen LogP contribution in [0.5, 0.6) is 5.75 Å². The minimum absolute atomic E-state index is 0.0796. The molecule has 0 saturated carbocycles. The minimum atomic E-state index is -0.301. The van der Waals surface area contributed by atoms with Gasteiger partial charge in [-0.25, -0.2) is 0 Å². The molecule has 0 aliphatic carbocycles. The fraction of sp³-hybridized carbons (Fsp3) is 0.300. The highest BCUT2D eigenvalue weighted by molar-refractivity contribution is 5.96. The molecule has 0 aromatic heterocycles. The second-order valence-corrected chi connectivity index (χ2v) is 5.67. The van der Waals surface area contributed by atoms with Gasteiger partial charge in [-0.2, -0.15) is 0 Å². The van der Waals surface area contributed by atoms with Gasteiger partial charge in [0.05, 0.1) is 19.8 Å². The van der Waals surface area contributed by atoms with Crippen LogP contribution in [0.1, 0.15) is 28.4 Å². The van der Waals surface area contributed by atoms with E-state index in [1.165, 1.54) is 0 Å². The summed E-state index contributed by atoms with van der Waals surface area (Å²) in [6.45, 7) is 3.31. The van der Waals surface area contributed by atoms with Crippen molar-refractivity contribution < 1.29 is 19.1 Å². The fourth-order valence-corrected chi connectivity index (χ4v) is 2.39. The van der Waals surface area contributed by atoms with Gasteiger partial charge >= 0.3 is 0 Å². The summed E-state index contributed by atoms with van der Waals surface area (Å²) in [7, 11) is 1.64. The standard InChI is InChI=1S/C20H24N2O4/c1-3-26-18-9-7-17(8-10-18)20(24)22-13-19(23)21-12-15-5-4-6-16(11-15)14-25-2/h4-11H,3,12-14H2,1-2H3,(H,21,23)(H,22,24). The summed E-state index contributed by atoms with van der Waals surface area (Å²) in [6, 6.07) is 14.6. The van der Waals surface area contributed by atoms with E-state index in [1.807, 2.05) is 31.2 Å². The largest absolute Gasteiger partial charge is 0.494 e. The van der Waals surface area contributed by atoms with Gasteiger partial charge in [0.2, 0.25) is 5.91 Å². The van der Waals surface area contributed by atoms with E-state index in [9.17, 15) is 9.59 Å². The van der Waals surface area contributed by atoms with Crippen LogP contribution < -0.4 is 15.4 Å². The molecule has 0 unspecified atom stereocenters. The molecule has 0 heterocycles. The average Bonchev–Trinajstić information content (AvgIpc) is 2.66. The zero-order valence-electron chi connectivity index (χ0n) is 15.1. The molecular weight excluding hydrogens is 332 g/mol. The average molecular weight is 356 g/mol. The maximum atomic E-state index is 12.1. The fourth-order valence-electron chi connectivity index (χ4n) is 2.39. The summed E-state index contributed by atoms with van der Waals surface area (Å²) in [6.07, 6.45) is 0. The second-order valence-electron chi connectivity index (χ2n) is 5.67. The number of ether oxygens (including phenoxy) is 2. The van der Waals surface area contributed by atoms with Crippen LogP contribution in [-0.2, 0) is 22.7 Å². The zero-order valence-corrected chi connectivity index (χ0v) is 15.1. The molecule has 0 aliphatic heterocycles. The van der Waals surface area contributed by atoms with Crippen LogP contribution in [0.25, 0.3) is 0 Å². The van der Waals surface area contributed by atoms with Gasteiger partial charge in [-0.05, 0) is 42.3 Å². The van der Waals surface area contributed by atoms with Gasteiger partial charge in [0, 0.05) is 19.2 Å². The maximum Gasteiger partial charge on any atom is 0.251 e. The van der Waals surface area contributed by atoms with Gasteiger partial charge in [0.25, 0.3) is 5.91 Å². The van der Waals surface area contributed by atoms with Crippen LogP contribution in [0, 0.1) is 0 Å². The monoisotopic (exact) mass is 356 g/mol. The first-order valence-corrected chi connectivity index (χ1v) is 8.47. The van der Waals surface area contributed by atoms with E-state index in [-0.39, 0.29) is 18.4 Å². The lowest BCUT2D eigenvalue weighted by atomic mass is 10.1. The molecule has 0 saturated heterocycles. The lowest BCUT2D eigenvalue weighted by Crippen LogP contribution is -2.36. The highest BCUT2D eigenvalue weighted by Gasteiger charge is 2.08. The number of hydrogen-bond acceptors (Lipinski definition) is 4. The first-order valence-electron chi connectivity index (χ1n) is 8.47. The first-order chi connectivity index (χ1) is 12.6. The SMILES string of the molecule is CCOc1ccc(C(=O)NCC(=O)NCc2cccc(COC)c2)cc1. The molecule has 0 spiro atoms. The molecule has 2 aromatic carbocycles. The Hall–Kier alpha value is -2.86. The molecule has 2 N–H and O–H groups in total. The van der Waals surface area contributed by atoms with Crippen LogP contribution >= 0.6 is 0 Å². The van der Waals surface area contributed by atoms with Crippen LogP contribution in [0.2, 0.25) is 0 Å². The number of carbonyl (C=O) groups is 2. The zero-order chi connectivity index (χ0) is 18.8. The van der Waals surface area contributed by atoms with Crippen molar-refractivity contribution in [3.8, 4) is 5.75 Å². The molecule has 0 aliphatic rings. The molecule has 0 bridgehead atoms. The van der Waals surface area contributed by atoms with E-state index >= 15 is 0 Å². The summed E-state index contributed by atoms with van der Waals surface area (Å²) in [4.78, 5) is 24.0. The van der Waals surface area contributed by atoms with Crippen molar-refractivity contribution in [1.82, 2.24) is 10.6 Å². The van der Waals surface area contributed by atoms with Crippen LogP contribution in [0.15, 0.2) is 48.5 Å².